The predicted molar refractivity (Wildman–Crippen MR) is 50.0 cm³/mol. The highest BCUT2D eigenvalue weighted by Gasteiger charge is 1.81. The van der Waals surface area contributed by atoms with Crippen LogP contribution in [0.1, 0.15) is 12.8 Å². The van der Waals surface area contributed by atoms with Gasteiger partial charge in [0.2, 0.25) is 0 Å². The molecule has 2 nitrogen and oxygen atoms in total. The van der Waals surface area contributed by atoms with Gasteiger partial charge in [0.15, 0.2) is 0 Å². The van der Waals surface area contributed by atoms with Gasteiger partial charge in [-0.05, 0) is 12.8 Å². The second-order valence-electron chi connectivity index (χ2n) is 2.05. The van der Waals surface area contributed by atoms with E-state index in [4.69, 9.17) is 9.47 Å². The average molecular weight is 223 g/mol. The molecule has 0 aromatic rings. The molecule has 0 fully saturated rings. The monoisotopic (exact) mass is 222 g/mol. The van der Waals surface area contributed by atoms with Gasteiger partial charge < -0.3 is 9.47 Å². The normalized spacial score (nSPS) is 11.1. The highest BCUT2D eigenvalue weighted by molar-refractivity contribution is 9.09. The van der Waals surface area contributed by atoms with Crippen molar-refractivity contribution >= 4 is 15.9 Å². The first kappa shape index (κ1) is 11.1. The molecule has 0 aliphatic rings. The highest BCUT2D eigenvalue weighted by Crippen LogP contribution is 1.91. The summed E-state index contributed by atoms with van der Waals surface area (Å²) in [6.45, 7) is 1.14. The minimum atomic E-state index is 0.395. The second kappa shape index (κ2) is 10.1. The highest BCUT2D eigenvalue weighted by atomic mass is 79.9. The van der Waals surface area contributed by atoms with Gasteiger partial charge >= 0.3 is 0 Å². The molecular weight excluding hydrogens is 208 g/mol. The van der Waals surface area contributed by atoms with Crippen LogP contribution in [0.4, 0.5) is 0 Å². The average Bonchev–Trinajstić information content (AvgIpc) is 2.03. The molecule has 0 spiro atoms. The van der Waals surface area contributed by atoms with Crippen molar-refractivity contribution in [1.29, 1.82) is 0 Å². The van der Waals surface area contributed by atoms with E-state index in [-0.39, 0.29) is 0 Å². The lowest BCUT2D eigenvalue weighted by atomic mass is 10.3. The Morgan fingerprint density at radius 1 is 1.27 bits per heavy atom. The van der Waals surface area contributed by atoms with Gasteiger partial charge in [-0.15, -0.1) is 0 Å². The fourth-order valence-electron chi connectivity index (χ4n) is 0.592. The first-order valence-corrected chi connectivity index (χ1v) is 4.81. The number of ether oxygens (including phenoxy) is 2. The lowest BCUT2D eigenvalue weighted by Gasteiger charge is -1.97. The summed E-state index contributed by atoms with van der Waals surface area (Å²) in [5, 5.41) is 1.03. The van der Waals surface area contributed by atoms with Crippen molar-refractivity contribution < 1.29 is 9.47 Å². The maximum atomic E-state index is 5.08. The number of methoxy groups -OCH3 is 1. The third kappa shape index (κ3) is 10.1. The van der Waals surface area contributed by atoms with E-state index in [9.17, 15) is 0 Å². The Kier molecular flexibility index (Phi) is 10.3. The smallest absolute Gasteiger partial charge is 0.146 e. The van der Waals surface area contributed by atoms with Crippen LogP contribution in [0.15, 0.2) is 12.2 Å². The Hall–Kier alpha value is 0.140. The molecular formula is C8H15BrO2. The van der Waals surface area contributed by atoms with Crippen LogP contribution < -0.4 is 0 Å². The van der Waals surface area contributed by atoms with E-state index in [2.05, 4.69) is 28.1 Å². The van der Waals surface area contributed by atoms with E-state index in [1.165, 1.54) is 0 Å². The molecule has 0 radical (unpaired) electrons. The summed E-state index contributed by atoms with van der Waals surface area (Å²) in [5.74, 6) is 0. The first-order valence-electron chi connectivity index (χ1n) is 3.69. The molecule has 11 heavy (non-hydrogen) atoms. The van der Waals surface area contributed by atoms with Crippen LogP contribution in [0.2, 0.25) is 0 Å². The van der Waals surface area contributed by atoms with Crippen molar-refractivity contribution in [2.75, 3.05) is 25.8 Å². The van der Waals surface area contributed by atoms with Crippen LogP contribution in [0.3, 0.4) is 0 Å². The van der Waals surface area contributed by atoms with E-state index in [0.29, 0.717) is 6.79 Å². The summed E-state index contributed by atoms with van der Waals surface area (Å²) >= 11 is 3.34. The number of rotatable bonds is 7. The van der Waals surface area contributed by atoms with E-state index >= 15 is 0 Å². The van der Waals surface area contributed by atoms with E-state index in [1.54, 1.807) is 7.11 Å². The quantitative estimate of drug-likeness (QED) is 0.285. The predicted octanol–water partition coefficient (Wildman–Crippen LogP) is 2.34. The summed E-state index contributed by atoms with van der Waals surface area (Å²) in [6.07, 6.45) is 6.32. The topological polar surface area (TPSA) is 18.5 Å². The molecule has 3 heteroatoms. The molecule has 0 atom stereocenters. The number of halogens is 1. The molecule has 0 aliphatic carbocycles. The van der Waals surface area contributed by atoms with Crippen LogP contribution in [0.25, 0.3) is 0 Å². The van der Waals surface area contributed by atoms with Crippen molar-refractivity contribution in [2.24, 2.45) is 0 Å². The Balaban J connectivity index is 2.89. The van der Waals surface area contributed by atoms with Gasteiger partial charge in [-0.3, -0.25) is 0 Å². The van der Waals surface area contributed by atoms with Gasteiger partial charge in [-0.25, -0.2) is 0 Å². The molecule has 0 bridgehead atoms. The zero-order chi connectivity index (χ0) is 8.36. The van der Waals surface area contributed by atoms with Crippen LogP contribution in [0, 0.1) is 0 Å². The van der Waals surface area contributed by atoms with Gasteiger partial charge in [-0.2, -0.15) is 0 Å². The van der Waals surface area contributed by atoms with Crippen molar-refractivity contribution in [3.8, 4) is 0 Å². The molecule has 0 aromatic carbocycles. The fraction of sp³-hybridized carbons (Fsp3) is 0.750. The van der Waals surface area contributed by atoms with Gasteiger partial charge in [0.05, 0.1) is 6.61 Å². The van der Waals surface area contributed by atoms with Gasteiger partial charge in [-0.1, -0.05) is 28.1 Å². The van der Waals surface area contributed by atoms with E-state index in [1.807, 2.05) is 0 Å². The van der Waals surface area contributed by atoms with Gasteiger partial charge in [0.25, 0.3) is 0 Å². The minimum Gasteiger partial charge on any atom is -0.359 e. The fourth-order valence-corrected chi connectivity index (χ4v) is 0.857. The lowest BCUT2D eigenvalue weighted by molar-refractivity contribution is -0.0285. The molecule has 0 saturated heterocycles. The second-order valence-corrected chi connectivity index (χ2v) is 2.85. The number of allylic oxidation sites excluding steroid dienone is 1. The SMILES string of the molecule is COCOCC/C=C/CCBr. The lowest BCUT2D eigenvalue weighted by Crippen LogP contribution is -1.96. The van der Waals surface area contributed by atoms with Crippen LogP contribution >= 0.6 is 15.9 Å². The van der Waals surface area contributed by atoms with Crippen molar-refractivity contribution in [2.45, 2.75) is 12.8 Å². The summed E-state index contributed by atoms with van der Waals surface area (Å²) in [5.41, 5.74) is 0. The summed E-state index contributed by atoms with van der Waals surface area (Å²) in [6, 6.07) is 0. The molecule has 0 aliphatic heterocycles. The summed E-state index contributed by atoms with van der Waals surface area (Å²) in [4.78, 5) is 0. The Morgan fingerprint density at radius 3 is 2.64 bits per heavy atom. The molecule has 0 unspecified atom stereocenters. The first-order chi connectivity index (χ1) is 5.41. The Bertz CT molecular complexity index is 94.1. The van der Waals surface area contributed by atoms with Crippen molar-refractivity contribution in [3.63, 3.8) is 0 Å². The van der Waals surface area contributed by atoms with E-state index < -0.39 is 0 Å². The Morgan fingerprint density at radius 2 is 2.00 bits per heavy atom. The zero-order valence-corrected chi connectivity index (χ0v) is 8.47. The number of alkyl halides is 1. The standard InChI is InChI=1S/C8H15BrO2/c1-10-8-11-7-5-3-2-4-6-9/h2-3H,4-8H2,1H3/b3-2+. The Labute approximate surface area is 76.7 Å². The maximum Gasteiger partial charge on any atom is 0.146 e. The molecule has 0 rings (SSSR count). The van der Waals surface area contributed by atoms with Crippen LogP contribution in [-0.4, -0.2) is 25.8 Å². The third-order valence-corrected chi connectivity index (χ3v) is 1.53. The molecule has 0 amide bonds. The molecule has 0 aromatic heterocycles. The molecule has 66 valence electrons. The maximum absolute atomic E-state index is 5.08. The molecule has 0 heterocycles. The van der Waals surface area contributed by atoms with Crippen molar-refractivity contribution in [1.82, 2.24) is 0 Å². The van der Waals surface area contributed by atoms with Gasteiger partial charge in [0, 0.05) is 12.4 Å². The molecule has 0 N–H and O–H groups in total. The van der Waals surface area contributed by atoms with Crippen LogP contribution in [0.5, 0.6) is 0 Å². The minimum absolute atomic E-state index is 0.395. The summed E-state index contributed by atoms with van der Waals surface area (Å²) in [7, 11) is 1.63. The number of hydrogen-bond donors (Lipinski definition) is 0. The van der Waals surface area contributed by atoms with Crippen molar-refractivity contribution in [3.05, 3.63) is 12.2 Å². The third-order valence-electron chi connectivity index (χ3n) is 1.07. The van der Waals surface area contributed by atoms with Crippen LogP contribution in [-0.2, 0) is 9.47 Å². The largest absolute Gasteiger partial charge is 0.359 e. The zero-order valence-electron chi connectivity index (χ0n) is 6.88. The van der Waals surface area contributed by atoms with E-state index in [0.717, 1.165) is 24.8 Å². The molecule has 0 saturated carbocycles. The summed E-state index contributed by atoms with van der Waals surface area (Å²) < 4.78 is 9.79. The van der Waals surface area contributed by atoms with Gasteiger partial charge in [0.1, 0.15) is 6.79 Å². The number of hydrogen-bond acceptors (Lipinski definition) is 2.